The second-order valence-electron chi connectivity index (χ2n) is 3.99. The summed E-state index contributed by atoms with van der Waals surface area (Å²) in [4.78, 5) is 4.04. The minimum Gasteiger partial charge on any atom is -0.386 e. The third kappa shape index (κ3) is 5.58. The molecule has 0 aromatic carbocycles. The van der Waals surface area contributed by atoms with E-state index in [-0.39, 0.29) is 6.10 Å². The number of nitrogens with zero attached hydrogens (tertiary/aromatic N) is 1. The van der Waals surface area contributed by atoms with Gasteiger partial charge in [-0.3, -0.25) is 0 Å². The molecule has 1 unspecified atom stereocenters. The summed E-state index contributed by atoms with van der Waals surface area (Å²) in [6.07, 6.45) is 7.21. The van der Waals surface area contributed by atoms with Crippen LogP contribution in [0, 0.1) is 0 Å². The van der Waals surface area contributed by atoms with Crippen LogP contribution in [0.25, 0.3) is 0 Å². The Kier molecular flexibility index (Phi) is 7.38. The molecule has 2 heterocycles. The van der Waals surface area contributed by atoms with E-state index in [1.807, 2.05) is 5.38 Å². The van der Waals surface area contributed by atoms with Crippen molar-refractivity contribution in [2.75, 3.05) is 13.1 Å². The van der Waals surface area contributed by atoms with Crippen molar-refractivity contribution in [3.63, 3.8) is 0 Å². The van der Waals surface area contributed by atoms with Gasteiger partial charge in [-0.25, -0.2) is 4.98 Å². The Labute approximate surface area is 102 Å². The molecule has 1 aliphatic rings. The van der Waals surface area contributed by atoms with Crippen molar-refractivity contribution in [2.45, 2.75) is 45.1 Å². The van der Waals surface area contributed by atoms with E-state index in [1.165, 1.54) is 37.3 Å². The molecule has 1 aromatic heterocycles. The lowest BCUT2D eigenvalue weighted by atomic mass is 10.2. The van der Waals surface area contributed by atoms with Crippen LogP contribution in [-0.4, -0.2) is 23.2 Å². The first-order valence-electron chi connectivity index (χ1n) is 6.12. The summed E-state index contributed by atoms with van der Waals surface area (Å²) in [6, 6.07) is 0. The monoisotopic (exact) mass is 242 g/mol. The van der Waals surface area contributed by atoms with Crippen molar-refractivity contribution >= 4 is 11.3 Å². The normalized spacial score (nSPS) is 16.6. The summed E-state index contributed by atoms with van der Waals surface area (Å²) in [5.41, 5.74) is 0. The second-order valence-corrected chi connectivity index (χ2v) is 4.91. The molecular formula is C12H22N2OS. The number of thiazole rings is 1. The predicted molar refractivity (Wildman–Crippen MR) is 68.7 cm³/mol. The van der Waals surface area contributed by atoms with Gasteiger partial charge in [0.05, 0.1) is 0 Å². The molecule has 0 amide bonds. The van der Waals surface area contributed by atoms with Gasteiger partial charge < -0.3 is 10.4 Å². The maximum absolute atomic E-state index is 9.49. The SMILES string of the molecule is C1CCNC1.CCCCC(O)c1nccs1. The number of unbranched alkanes of at least 4 members (excludes halogenated alkanes) is 1. The fraction of sp³-hybridized carbons (Fsp3) is 0.750. The summed E-state index contributed by atoms with van der Waals surface area (Å²) in [5, 5.41) is 15.4. The van der Waals surface area contributed by atoms with Crippen molar-refractivity contribution in [3.05, 3.63) is 16.6 Å². The van der Waals surface area contributed by atoms with Crippen LogP contribution in [0.1, 0.15) is 50.1 Å². The molecule has 0 spiro atoms. The van der Waals surface area contributed by atoms with Gasteiger partial charge >= 0.3 is 0 Å². The molecule has 1 fully saturated rings. The summed E-state index contributed by atoms with van der Waals surface area (Å²) in [5.74, 6) is 0. The third-order valence-electron chi connectivity index (χ3n) is 2.52. The van der Waals surface area contributed by atoms with Crippen LogP contribution in [0.2, 0.25) is 0 Å². The Balaban J connectivity index is 0.000000212. The van der Waals surface area contributed by atoms with Crippen LogP contribution in [0.4, 0.5) is 0 Å². The topological polar surface area (TPSA) is 45.1 Å². The molecule has 1 atom stereocenters. The highest BCUT2D eigenvalue weighted by molar-refractivity contribution is 7.09. The van der Waals surface area contributed by atoms with Gasteiger partial charge in [-0.15, -0.1) is 11.3 Å². The number of rotatable bonds is 4. The van der Waals surface area contributed by atoms with Crippen LogP contribution >= 0.6 is 11.3 Å². The highest BCUT2D eigenvalue weighted by Gasteiger charge is 2.07. The highest BCUT2D eigenvalue weighted by atomic mass is 32.1. The molecule has 0 bridgehead atoms. The molecule has 16 heavy (non-hydrogen) atoms. The van der Waals surface area contributed by atoms with Gasteiger partial charge in [0.2, 0.25) is 0 Å². The van der Waals surface area contributed by atoms with Gasteiger partial charge in [-0.1, -0.05) is 19.8 Å². The van der Waals surface area contributed by atoms with E-state index in [2.05, 4.69) is 17.2 Å². The van der Waals surface area contributed by atoms with Gasteiger partial charge in [-0.05, 0) is 32.4 Å². The third-order valence-corrected chi connectivity index (χ3v) is 3.40. The van der Waals surface area contributed by atoms with Crippen LogP contribution in [0.5, 0.6) is 0 Å². The van der Waals surface area contributed by atoms with E-state index in [0.717, 1.165) is 24.3 Å². The molecule has 1 aliphatic heterocycles. The van der Waals surface area contributed by atoms with E-state index in [9.17, 15) is 5.11 Å². The molecule has 4 heteroatoms. The molecule has 3 nitrogen and oxygen atoms in total. The van der Waals surface area contributed by atoms with Crippen molar-refractivity contribution in [3.8, 4) is 0 Å². The van der Waals surface area contributed by atoms with Crippen molar-refractivity contribution < 1.29 is 5.11 Å². The van der Waals surface area contributed by atoms with Crippen molar-refractivity contribution in [1.29, 1.82) is 0 Å². The zero-order valence-electron chi connectivity index (χ0n) is 9.98. The molecular weight excluding hydrogens is 220 g/mol. The van der Waals surface area contributed by atoms with Crippen LogP contribution in [-0.2, 0) is 0 Å². The van der Waals surface area contributed by atoms with Gasteiger partial charge in [0, 0.05) is 11.6 Å². The molecule has 0 aliphatic carbocycles. The molecule has 0 saturated carbocycles. The Bertz CT molecular complexity index is 240. The fourth-order valence-corrected chi connectivity index (χ4v) is 2.20. The first kappa shape index (κ1) is 13.6. The van der Waals surface area contributed by atoms with Gasteiger partial charge in [0.25, 0.3) is 0 Å². The summed E-state index contributed by atoms with van der Waals surface area (Å²) < 4.78 is 0. The lowest BCUT2D eigenvalue weighted by Gasteiger charge is -2.04. The molecule has 1 saturated heterocycles. The van der Waals surface area contributed by atoms with Crippen molar-refractivity contribution in [2.24, 2.45) is 0 Å². The number of hydrogen-bond donors (Lipinski definition) is 2. The number of hydrogen-bond acceptors (Lipinski definition) is 4. The maximum Gasteiger partial charge on any atom is 0.121 e. The summed E-state index contributed by atoms with van der Waals surface area (Å²) in [7, 11) is 0. The molecule has 0 radical (unpaired) electrons. The lowest BCUT2D eigenvalue weighted by molar-refractivity contribution is 0.164. The minimum atomic E-state index is -0.338. The minimum absolute atomic E-state index is 0.338. The highest BCUT2D eigenvalue weighted by Crippen LogP contribution is 2.20. The fourth-order valence-electron chi connectivity index (χ4n) is 1.54. The average Bonchev–Trinajstić information content (AvgIpc) is 2.98. The molecule has 2 N–H and O–H groups in total. The van der Waals surface area contributed by atoms with Crippen LogP contribution in [0.15, 0.2) is 11.6 Å². The second kappa shape index (κ2) is 8.67. The van der Waals surface area contributed by atoms with Crippen LogP contribution < -0.4 is 5.32 Å². The quantitative estimate of drug-likeness (QED) is 0.853. The van der Waals surface area contributed by atoms with Crippen molar-refractivity contribution in [1.82, 2.24) is 10.3 Å². The predicted octanol–water partition coefficient (Wildman–Crippen LogP) is 2.74. The Morgan fingerprint density at radius 3 is 2.69 bits per heavy atom. The first-order valence-corrected chi connectivity index (χ1v) is 7.00. The van der Waals surface area contributed by atoms with E-state index >= 15 is 0 Å². The lowest BCUT2D eigenvalue weighted by Crippen LogP contribution is -2.03. The largest absolute Gasteiger partial charge is 0.386 e. The molecule has 92 valence electrons. The van der Waals surface area contributed by atoms with E-state index in [1.54, 1.807) is 6.20 Å². The summed E-state index contributed by atoms with van der Waals surface area (Å²) in [6.45, 7) is 4.62. The van der Waals surface area contributed by atoms with Gasteiger partial charge in [0.1, 0.15) is 11.1 Å². The van der Waals surface area contributed by atoms with E-state index < -0.39 is 0 Å². The number of aliphatic hydroxyl groups excluding tert-OH is 1. The summed E-state index contributed by atoms with van der Waals surface area (Å²) >= 11 is 1.52. The number of aromatic nitrogens is 1. The Hall–Kier alpha value is -0.450. The molecule has 1 aromatic rings. The molecule has 2 rings (SSSR count). The zero-order chi connectivity index (χ0) is 11.6. The smallest absolute Gasteiger partial charge is 0.121 e. The van der Waals surface area contributed by atoms with Gasteiger partial charge in [-0.2, -0.15) is 0 Å². The standard InChI is InChI=1S/C8H13NOS.C4H9N/c1-2-3-4-7(10)8-9-5-6-11-8;1-2-4-5-3-1/h5-7,10H,2-4H2,1H3;5H,1-4H2. The van der Waals surface area contributed by atoms with E-state index in [4.69, 9.17) is 0 Å². The number of nitrogens with one attached hydrogen (secondary N) is 1. The van der Waals surface area contributed by atoms with E-state index in [0.29, 0.717) is 0 Å². The average molecular weight is 242 g/mol. The zero-order valence-corrected chi connectivity index (χ0v) is 10.8. The Morgan fingerprint density at radius 1 is 1.50 bits per heavy atom. The maximum atomic E-state index is 9.49. The first-order chi connectivity index (χ1) is 7.84. The Morgan fingerprint density at radius 2 is 2.25 bits per heavy atom. The van der Waals surface area contributed by atoms with Crippen LogP contribution in [0.3, 0.4) is 0 Å². The number of aliphatic hydroxyl groups is 1. The van der Waals surface area contributed by atoms with Gasteiger partial charge in [0.15, 0.2) is 0 Å².